The Bertz CT molecular complexity index is 939. The van der Waals surface area contributed by atoms with E-state index in [1.165, 1.54) is 12.3 Å². The molecule has 4 heterocycles. The van der Waals surface area contributed by atoms with Gasteiger partial charge in [0.05, 0.1) is 11.8 Å². The summed E-state index contributed by atoms with van der Waals surface area (Å²) in [5.74, 6) is -0.0104. The average Bonchev–Trinajstić information content (AvgIpc) is 2.68. The lowest BCUT2D eigenvalue weighted by molar-refractivity contribution is 0.0509. The zero-order valence-electron chi connectivity index (χ0n) is 16.3. The molecule has 2 aromatic rings. The molecular weight excluding hydrogens is 357 g/mol. The third-order valence-corrected chi connectivity index (χ3v) is 6.13. The number of rotatable bonds is 4. The van der Waals surface area contributed by atoms with Crippen molar-refractivity contribution < 1.29 is 9.18 Å². The van der Waals surface area contributed by atoms with Crippen molar-refractivity contribution in [2.75, 3.05) is 13.1 Å². The fourth-order valence-electron chi connectivity index (χ4n) is 4.80. The third kappa shape index (κ3) is 3.36. The first-order valence-electron chi connectivity index (χ1n) is 10.1. The summed E-state index contributed by atoms with van der Waals surface area (Å²) in [6.07, 6.45) is 5.44. The van der Waals surface area contributed by atoms with E-state index in [1.54, 1.807) is 17.0 Å². The molecule has 5 nitrogen and oxygen atoms in total. The average molecular weight is 383 g/mol. The largest absolute Gasteiger partial charge is 0.338 e. The first-order chi connectivity index (χ1) is 13.5. The second-order valence-corrected chi connectivity index (χ2v) is 8.46. The minimum Gasteiger partial charge on any atom is -0.338 e. The maximum absolute atomic E-state index is 14.1. The Hall–Kier alpha value is -2.50. The summed E-state index contributed by atoms with van der Waals surface area (Å²) in [5.41, 5.74) is 1.12. The fourth-order valence-corrected chi connectivity index (χ4v) is 4.80. The fraction of sp³-hybridized carbons (Fsp3) is 0.500. The van der Waals surface area contributed by atoms with Gasteiger partial charge in [0, 0.05) is 43.0 Å². The molecular formula is C22H26FN3O2. The Kier molecular flexibility index (Phi) is 5.04. The van der Waals surface area contributed by atoms with Gasteiger partial charge >= 0.3 is 0 Å². The summed E-state index contributed by atoms with van der Waals surface area (Å²) in [5, 5.41) is 0. The quantitative estimate of drug-likeness (QED) is 0.810. The van der Waals surface area contributed by atoms with Gasteiger partial charge in [-0.05, 0) is 43.2 Å². The highest BCUT2D eigenvalue weighted by Gasteiger charge is 2.41. The summed E-state index contributed by atoms with van der Waals surface area (Å²) >= 11 is 0. The van der Waals surface area contributed by atoms with Crippen molar-refractivity contribution in [1.82, 2.24) is 14.5 Å². The van der Waals surface area contributed by atoms with Crippen LogP contribution in [0.2, 0.25) is 0 Å². The Balaban J connectivity index is 1.68. The van der Waals surface area contributed by atoms with Crippen LogP contribution in [-0.4, -0.2) is 33.4 Å². The normalized spacial score (nSPS) is 23.6. The van der Waals surface area contributed by atoms with Gasteiger partial charge in [-0.3, -0.25) is 14.6 Å². The zero-order valence-corrected chi connectivity index (χ0v) is 16.3. The maximum atomic E-state index is 14.1. The van der Waals surface area contributed by atoms with Gasteiger partial charge < -0.3 is 9.47 Å². The lowest BCUT2D eigenvalue weighted by Gasteiger charge is -2.47. The molecule has 0 aliphatic carbocycles. The van der Waals surface area contributed by atoms with Crippen LogP contribution in [0.1, 0.15) is 61.1 Å². The number of amides is 1. The molecule has 1 fully saturated rings. The van der Waals surface area contributed by atoms with Crippen molar-refractivity contribution in [1.29, 1.82) is 0 Å². The van der Waals surface area contributed by atoms with E-state index < -0.39 is 5.82 Å². The van der Waals surface area contributed by atoms with Crippen molar-refractivity contribution in [3.8, 4) is 0 Å². The smallest absolute Gasteiger partial charge is 0.256 e. The van der Waals surface area contributed by atoms with E-state index in [1.807, 2.05) is 10.6 Å². The maximum Gasteiger partial charge on any atom is 0.256 e. The number of carbonyl (C=O) groups is 1. The number of hydrogen-bond acceptors (Lipinski definition) is 3. The molecule has 6 heteroatoms. The van der Waals surface area contributed by atoms with Gasteiger partial charge in [-0.25, -0.2) is 4.39 Å². The summed E-state index contributed by atoms with van der Waals surface area (Å²) in [6.45, 7) is 5.44. The summed E-state index contributed by atoms with van der Waals surface area (Å²) < 4.78 is 16.1. The highest BCUT2D eigenvalue weighted by molar-refractivity contribution is 5.94. The van der Waals surface area contributed by atoms with Crippen LogP contribution in [-0.2, 0) is 0 Å². The van der Waals surface area contributed by atoms with E-state index in [4.69, 9.17) is 0 Å². The molecule has 1 saturated heterocycles. The van der Waals surface area contributed by atoms with Gasteiger partial charge in [-0.1, -0.05) is 19.9 Å². The number of likely N-dealkylation sites (tertiary alicyclic amines) is 1. The highest BCUT2D eigenvalue weighted by Crippen LogP contribution is 2.43. The highest BCUT2D eigenvalue weighted by atomic mass is 19.1. The molecule has 0 unspecified atom stereocenters. The second-order valence-electron chi connectivity index (χ2n) is 8.46. The van der Waals surface area contributed by atoms with Gasteiger partial charge in [0.15, 0.2) is 5.82 Å². The third-order valence-electron chi connectivity index (χ3n) is 6.13. The lowest BCUT2D eigenvalue weighted by Crippen LogP contribution is -2.51. The standard InChI is InChI=1S/C22H26FN3O2/c1-14(2)6-7-20-16-10-15(19-4-3-5-21(27)26(19)20)12-25(13-16)22(28)17-8-9-24-11-18(17)23/h3-5,8-9,11,14-16,20H,6-7,10,12-13H2,1-2H3/t15-,16+,20+/m1/s1. The Morgan fingerprint density at radius 2 is 2.11 bits per heavy atom. The molecule has 28 heavy (non-hydrogen) atoms. The van der Waals surface area contributed by atoms with Crippen LogP contribution < -0.4 is 5.56 Å². The topological polar surface area (TPSA) is 55.2 Å². The van der Waals surface area contributed by atoms with Crippen molar-refractivity contribution in [3.63, 3.8) is 0 Å². The van der Waals surface area contributed by atoms with Crippen LogP contribution in [0.3, 0.4) is 0 Å². The number of halogens is 1. The van der Waals surface area contributed by atoms with Crippen LogP contribution in [0.15, 0.2) is 41.5 Å². The van der Waals surface area contributed by atoms with E-state index in [9.17, 15) is 14.0 Å². The van der Waals surface area contributed by atoms with Crippen molar-refractivity contribution in [2.45, 2.75) is 45.1 Å². The molecule has 148 valence electrons. The molecule has 0 spiro atoms. The summed E-state index contributed by atoms with van der Waals surface area (Å²) in [4.78, 5) is 31.2. The van der Waals surface area contributed by atoms with Crippen LogP contribution in [0, 0.1) is 17.7 Å². The second kappa shape index (κ2) is 7.49. The van der Waals surface area contributed by atoms with Crippen molar-refractivity contribution in [2.24, 2.45) is 11.8 Å². The van der Waals surface area contributed by atoms with Crippen LogP contribution >= 0.6 is 0 Å². The predicted molar refractivity (Wildman–Crippen MR) is 105 cm³/mol. The molecule has 0 aromatic carbocycles. The number of carbonyl (C=O) groups excluding carboxylic acids is 1. The monoisotopic (exact) mass is 383 g/mol. The molecule has 1 amide bonds. The van der Waals surface area contributed by atoms with Crippen molar-refractivity contribution >= 4 is 5.91 Å². The molecule has 2 aliphatic heterocycles. The Labute approximate surface area is 164 Å². The number of piperidine rings is 1. The van der Waals surface area contributed by atoms with E-state index in [2.05, 4.69) is 18.8 Å². The Morgan fingerprint density at radius 3 is 2.86 bits per heavy atom. The lowest BCUT2D eigenvalue weighted by atomic mass is 9.76. The molecule has 2 aliphatic rings. The van der Waals surface area contributed by atoms with Gasteiger partial charge in [0.2, 0.25) is 0 Å². The van der Waals surface area contributed by atoms with Gasteiger partial charge in [-0.2, -0.15) is 0 Å². The van der Waals surface area contributed by atoms with Crippen LogP contribution in [0.4, 0.5) is 4.39 Å². The van der Waals surface area contributed by atoms with Gasteiger partial charge in [0.25, 0.3) is 11.5 Å². The number of hydrogen-bond donors (Lipinski definition) is 0. The molecule has 0 N–H and O–H groups in total. The van der Waals surface area contributed by atoms with E-state index in [0.717, 1.165) is 31.2 Å². The van der Waals surface area contributed by atoms with Gasteiger partial charge in [0.1, 0.15) is 0 Å². The summed E-state index contributed by atoms with van der Waals surface area (Å²) in [7, 11) is 0. The van der Waals surface area contributed by atoms with Crippen molar-refractivity contribution in [3.05, 3.63) is 64.1 Å². The first kappa shape index (κ1) is 18.8. The minimum absolute atomic E-state index is 0.0425. The first-order valence-corrected chi connectivity index (χ1v) is 10.1. The van der Waals surface area contributed by atoms with E-state index in [-0.39, 0.29) is 34.9 Å². The zero-order chi connectivity index (χ0) is 19.8. The summed E-state index contributed by atoms with van der Waals surface area (Å²) in [6, 6.07) is 6.96. The number of aromatic nitrogens is 2. The Morgan fingerprint density at radius 1 is 1.29 bits per heavy atom. The molecule has 0 saturated carbocycles. The van der Waals surface area contributed by atoms with E-state index in [0.29, 0.717) is 19.0 Å². The number of nitrogens with zero attached hydrogens (tertiary/aromatic N) is 3. The molecule has 0 radical (unpaired) electrons. The molecule has 4 rings (SSSR count). The van der Waals surface area contributed by atoms with Crippen LogP contribution in [0.25, 0.3) is 0 Å². The minimum atomic E-state index is -0.587. The number of pyridine rings is 2. The molecule has 3 atom stereocenters. The molecule has 2 aromatic heterocycles. The molecule has 2 bridgehead atoms. The van der Waals surface area contributed by atoms with E-state index >= 15 is 0 Å². The number of fused-ring (bicyclic) bond motifs is 4. The SMILES string of the molecule is CC(C)CC[C@H]1[C@H]2C[C@H](CN(C(=O)c3ccncc3F)C2)c2cccc(=O)n21. The van der Waals surface area contributed by atoms with Gasteiger partial charge in [-0.15, -0.1) is 0 Å². The van der Waals surface area contributed by atoms with Crippen LogP contribution in [0.5, 0.6) is 0 Å². The predicted octanol–water partition coefficient (Wildman–Crippen LogP) is 3.62.